The number of unbranched alkanes of at least 4 members (excludes halogenated alkanes) is 3. The molecule has 35 heavy (non-hydrogen) atoms. The van der Waals surface area contributed by atoms with Crippen molar-refractivity contribution in [2.75, 3.05) is 31.9 Å². The average Bonchev–Trinajstić information content (AvgIpc) is 3.33. The van der Waals surface area contributed by atoms with Crippen LogP contribution in [0.15, 0.2) is 15.9 Å². The largest absolute Gasteiger partial charge is 0.379 e. The van der Waals surface area contributed by atoms with E-state index >= 15 is 0 Å². The third kappa shape index (κ3) is 5.30. The van der Waals surface area contributed by atoms with Gasteiger partial charge in [-0.25, -0.2) is 9.79 Å². The van der Waals surface area contributed by atoms with Gasteiger partial charge < -0.3 is 23.9 Å². The van der Waals surface area contributed by atoms with E-state index in [2.05, 4.69) is 48.1 Å². The van der Waals surface area contributed by atoms with Crippen molar-refractivity contribution in [2.24, 2.45) is 4.99 Å². The van der Waals surface area contributed by atoms with E-state index in [1.54, 1.807) is 0 Å². The molecule has 0 aromatic carbocycles. The van der Waals surface area contributed by atoms with Crippen LogP contribution in [0.1, 0.15) is 78.0 Å². The standard InChI is InChI=1S/C25H39N5O5/c1-5-8-11-32-15-19-22(33-12-9-6-2)25(4,34-13-10-7-3)21(35-19)18-14-17-20-23(29-24(31)28-17)26-16-27-30(18)20/h14,16,19,21-22H,5-13,15H2,1-4H3,(H2,26,27,28,29,31)/t19-,21+,22-,25+/m1/s1. The van der Waals surface area contributed by atoms with E-state index in [4.69, 9.17) is 18.9 Å². The molecule has 10 nitrogen and oxygen atoms in total. The molecule has 4 rings (SSSR count). The van der Waals surface area contributed by atoms with Crippen LogP contribution in [0, 0.1) is 0 Å². The highest BCUT2D eigenvalue weighted by atomic mass is 16.6. The molecule has 2 aliphatic rings. The van der Waals surface area contributed by atoms with Crippen LogP contribution >= 0.6 is 0 Å². The molecule has 0 unspecified atom stereocenters. The lowest BCUT2D eigenvalue weighted by molar-refractivity contribution is -0.138. The summed E-state index contributed by atoms with van der Waals surface area (Å²) >= 11 is 0. The van der Waals surface area contributed by atoms with Gasteiger partial charge >= 0.3 is 5.69 Å². The molecule has 2 aromatic heterocycles. The van der Waals surface area contributed by atoms with E-state index in [0.717, 1.165) is 44.2 Å². The number of hydrogen-bond acceptors (Lipinski definition) is 8. The molecule has 4 heterocycles. The van der Waals surface area contributed by atoms with Gasteiger partial charge in [0.25, 0.3) is 0 Å². The first kappa shape index (κ1) is 25.8. The molecule has 0 amide bonds. The number of aliphatic imine (C=N–C) groups is 1. The molecule has 2 aliphatic heterocycles. The second-order valence-corrected chi connectivity index (χ2v) is 9.43. The lowest BCUT2D eigenvalue weighted by atomic mass is 9.90. The van der Waals surface area contributed by atoms with Crippen molar-refractivity contribution in [3.63, 3.8) is 0 Å². The molecular weight excluding hydrogens is 450 g/mol. The molecule has 1 fully saturated rings. The van der Waals surface area contributed by atoms with E-state index in [-0.39, 0.29) is 12.2 Å². The Kier molecular flexibility index (Phi) is 8.59. The van der Waals surface area contributed by atoms with Gasteiger partial charge in [0.1, 0.15) is 35.8 Å². The summed E-state index contributed by atoms with van der Waals surface area (Å²) in [6, 6.07) is 1.92. The summed E-state index contributed by atoms with van der Waals surface area (Å²) in [6.07, 6.45) is 6.52. The van der Waals surface area contributed by atoms with Gasteiger partial charge in [-0.05, 0) is 32.3 Å². The molecule has 0 saturated carbocycles. The Balaban J connectivity index is 1.72. The van der Waals surface area contributed by atoms with Gasteiger partial charge in [0.2, 0.25) is 0 Å². The van der Waals surface area contributed by atoms with Crippen LogP contribution in [0.2, 0.25) is 0 Å². The summed E-state index contributed by atoms with van der Waals surface area (Å²) < 4.78 is 27.6. The van der Waals surface area contributed by atoms with E-state index in [9.17, 15) is 4.79 Å². The summed E-state index contributed by atoms with van der Waals surface area (Å²) in [6.45, 7) is 10.9. The van der Waals surface area contributed by atoms with Crippen LogP contribution in [-0.4, -0.2) is 65.2 Å². The van der Waals surface area contributed by atoms with Crippen molar-refractivity contribution >= 4 is 23.2 Å². The Morgan fingerprint density at radius 3 is 2.63 bits per heavy atom. The zero-order valence-corrected chi connectivity index (χ0v) is 21.3. The van der Waals surface area contributed by atoms with E-state index in [1.807, 2.05) is 10.7 Å². The topological polar surface area (TPSA) is 112 Å². The third-order valence-corrected chi connectivity index (χ3v) is 6.70. The average molecular weight is 490 g/mol. The molecule has 0 radical (unpaired) electrons. The minimum Gasteiger partial charge on any atom is -0.379 e. The zero-order valence-electron chi connectivity index (χ0n) is 21.3. The predicted molar refractivity (Wildman–Crippen MR) is 135 cm³/mol. The molecule has 0 spiro atoms. The van der Waals surface area contributed by atoms with Crippen LogP contribution in [0.5, 0.6) is 0 Å². The van der Waals surface area contributed by atoms with Crippen molar-refractivity contribution in [3.05, 3.63) is 22.2 Å². The second-order valence-electron chi connectivity index (χ2n) is 9.43. The maximum atomic E-state index is 12.1. The first-order chi connectivity index (χ1) is 17.0. The van der Waals surface area contributed by atoms with E-state index < -0.39 is 17.4 Å². The van der Waals surface area contributed by atoms with Crippen molar-refractivity contribution in [3.8, 4) is 0 Å². The lowest BCUT2D eigenvalue weighted by Gasteiger charge is -2.36. The number of hydrogen-bond donors (Lipinski definition) is 2. The number of nitrogens with zero attached hydrogens (tertiary/aromatic N) is 3. The number of nitrogens with one attached hydrogen (secondary N) is 2. The molecule has 2 N–H and O–H groups in total. The Morgan fingerprint density at radius 1 is 1.11 bits per heavy atom. The first-order valence-electron chi connectivity index (χ1n) is 13.0. The summed E-state index contributed by atoms with van der Waals surface area (Å²) in [5.74, 6) is 0.371. The fourth-order valence-electron chi connectivity index (χ4n) is 4.77. The monoisotopic (exact) mass is 489 g/mol. The maximum absolute atomic E-state index is 12.1. The smallest absolute Gasteiger partial charge is 0.347 e. The molecule has 194 valence electrons. The Morgan fingerprint density at radius 2 is 1.86 bits per heavy atom. The number of aromatic amines is 1. The van der Waals surface area contributed by atoms with Crippen LogP contribution < -0.4 is 11.1 Å². The van der Waals surface area contributed by atoms with Crippen LogP contribution in [0.4, 0.5) is 5.82 Å². The Hall–Kier alpha value is -2.27. The molecule has 0 aliphatic carbocycles. The fraction of sp³-hybridized carbons (Fsp3) is 0.720. The molecule has 10 heteroatoms. The highest BCUT2D eigenvalue weighted by Crippen LogP contribution is 2.47. The normalized spacial score (nSPS) is 25.4. The summed E-state index contributed by atoms with van der Waals surface area (Å²) in [7, 11) is 0. The van der Waals surface area contributed by atoms with E-state index in [1.165, 1.54) is 6.34 Å². The van der Waals surface area contributed by atoms with Gasteiger partial charge in [-0.3, -0.25) is 10.1 Å². The number of ether oxygens (including phenoxy) is 4. The number of H-pyrrole nitrogens is 1. The van der Waals surface area contributed by atoms with Gasteiger partial charge in [0.05, 0.1) is 17.8 Å². The highest BCUT2D eigenvalue weighted by molar-refractivity contribution is 5.91. The summed E-state index contributed by atoms with van der Waals surface area (Å²) in [4.78, 5) is 23.2. The van der Waals surface area contributed by atoms with Gasteiger partial charge in [0, 0.05) is 19.8 Å². The van der Waals surface area contributed by atoms with Crippen LogP contribution in [-0.2, 0) is 18.9 Å². The lowest BCUT2D eigenvalue weighted by Crippen LogP contribution is -2.48. The van der Waals surface area contributed by atoms with Crippen molar-refractivity contribution in [1.29, 1.82) is 0 Å². The van der Waals surface area contributed by atoms with Crippen molar-refractivity contribution in [1.82, 2.24) is 14.6 Å². The molecule has 2 aromatic rings. The minimum atomic E-state index is -0.764. The SMILES string of the molecule is CCCCOC[C@H]1O[C@@H](c2cc3[nH]c(=O)nc4c3n2NC=N4)[C@](C)(OCCCC)[C@@H]1OCCCC. The van der Waals surface area contributed by atoms with Gasteiger partial charge in [0.15, 0.2) is 5.82 Å². The minimum absolute atomic E-state index is 0.292. The van der Waals surface area contributed by atoms with Crippen LogP contribution in [0.25, 0.3) is 11.0 Å². The van der Waals surface area contributed by atoms with Gasteiger partial charge in [-0.15, -0.1) is 0 Å². The van der Waals surface area contributed by atoms with Crippen molar-refractivity contribution < 1.29 is 18.9 Å². The zero-order chi connectivity index (χ0) is 24.8. The predicted octanol–water partition coefficient (Wildman–Crippen LogP) is 3.96. The third-order valence-electron chi connectivity index (χ3n) is 6.70. The molecule has 0 bridgehead atoms. The number of aromatic nitrogens is 3. The summed E-state index contributed by atoms with van der Waals surface area (Å²) in [5, 5.41) is 0. The Bertz CT molecular complexity index is 1070. The van der Waals surface area contributed by atoms with Gasteiger partial charge in [-0.1, -0.05) is 40.0 Å². The Labute approximate surface area is 206 Å². The second kappa shape index (κ2) is 11.6. The summed E-state index contributed by atoms with van der Waals surface area (Å²) in [5.41, 5.74) is 4.13. The highest BCUT2D eigenvalue weighted by Gasteiger charge is 2.57. The first-order valence-corrected chi connectivity index (χ1v) is 13.0. The fourth-order valence-corrected chi connectivity index (χ4v) is 4.77. The van der Waals surface area contributed by atoms with E-state index in [0.29, 0.717) is 43.3 Å². The van der Waals surface area contributed by atoms with Crippen LogP contribution in [0.3, 0.4) is 0 Å². The molecule has 4 atom stereocenters. The molecule has 1 saturated heterocycles. The van der Waals surface area contributed by atoms with Gasteiger partial charge in [-0.2, -0.15) is 4.98 Å². The van der Waals surface area contributed by atoms with Crippen molar-refractivity contribution in [2.45, 2.75) is 90.1 Å². The molecular formula is C25H39N5O5. The maximum Gasteiger partial charge on any atom is 0.347 e. The number of rotatable bonds is 14. The quantitative estimate of drug-likeness (QED) is 0.386.